The number of carboxylic acids is 1. The number of aromatic carboxylic acids is 1. The summed E-state index contributed by atoms with van der Waals surface area (Å²) >= 11 is 0. The Labute approximate surface area is 188 Å². The van der Waals surface area contributed by atoms with Crippen molar-refractivity contribution in [1.29, 1.82) is 0 Å². The van der Waals surface area contributed by atoms with E-state index in [9.17, 15) is 23.1 Å². The Morgan fingerprint density at radius 2 is 1.88 bits per heavy atom. The van der Waals surface area contributed by atoms with Gasteiger partial charge in [-0.25, -0.2) is 4.79 Å². The van der Waals surface area contributed by atoms with E-state index in [0.29, 0.717) is 11.3 Å². The molecule has 33 heavy (non-hydrogen) atoms. The predicted molar refractivity (Wildman–Crippen MR) is 115 cm³/mol. The summed E-state index contributed by atoms with van der Waals surface area (Å²) in [4.78, 5) is 17.7. The van der Waals surface area contributed by atoms with Gasteiger partial charge in [0.2, 0.25) is 0 Å². The van der Waals surface area contributed by atoms with Gasteiger partial charge in [-0.15, -0.1) is 13.2 Å². The van der Waals surface area contributed by atoms with Crippen LogP contribution in [0.5, 0.6) is 11.5 Å². The summed E-state index contributed by atoms with van der Waals surface area (Å²) in [5, 5.41) is 9.22. The Hall–Kier alpha value is -3.75. The fraction of sp³-hybridized carbons (Fsp3) is 0.250. The molecule has 1 aliphatic rings. The summed E-state index contributed by atoms with van der Waals surface area (Å²) in [5.74, 6) is -0.471. The number of nitrogens with zero attached hydrogens (tertiary/aromatic N) is 2. The quantitative estimate of drug-likeness (QED) is 0.521. The topological polar surface area (TPSA) is 71.9 Å². The molecule has 0 amide bonds. The van der Waals surface area contributed by atoms with Crippen LogP contribution in [0.3, 0.4) is 0 Å². The standard InChI is InChI=1S/C24H21F3N2O4/c25-24(26,27)33-21-6-4-16(5-7-21)15-32-22-11-20(12-28-13-22)29-9-8-19(14-29)17-2-1-3-18(10-17)23(30)31/h1-7,10-13,19H,8-9,14-15H2,(H,30,31). The molecule has 1 aromatic heterocycles. The zero-order valence-corrected chi connectivity index (χ0v) is 17.5. The highest BCUT2D eigenvalue weighted by Crippen LogP contribution is 2.32. The Bertz CT molecular complexity index is 1120. The molecular formula is C24H21F3N2O4. The summed E-state index contributed by atoms with van der Waals surface area (Å²) < 4.78 is 46.4. The number of pyridine rings is 1. The maximum atomic E-state index is 12.3. The number of aromatic nitrogens is 1. The number of halogens is 3. The summed E-state index contributed by atoms with van der Waals surface area (Å²) in [6.07, 6.45) is -0.515. The van der Waals surface area contributed by atoms with Crippen molar-refractivity contribution in [2.75, 3.05) is 18.0 Å². The lowest BCUT2D eigenvalue weighted by atomic mass is 9.97. The Morgan fingerprint density at radius 1 is 1.09 bits per heavy atom. The molecule has 2 aromatic carbocycles. The molecule has 172 valence electrons. The fourth-order valence-electron chi connectivity index (χ4n) is 3.81. The van der Waals surface area contributed by atoms with Crippen LogP contribution in [0, 0.1) is 0 Å². The highest BCUT2D eigenvalue weighted by Gasteiger charge is 2.31. The minimum Gasteiger partial charge on any atom is -0.487 e. The number of hydrogen-bond acceptors (Lipinski definition) is 5. The van der Waals surface area contributed by atoms with Crippen LogP contribution < -0.4 is 14.4 Å². The van der Waals surface area contributed by atoms with Crippen molar-refractivity contribution in [3.05, 3.63) is 83.7 Å². The van der Waals surface area contributed by atoms with Crippen molar-refractivity contribution in [3.8, 4) is 11.5 Å². The molecule has 9 heteroatoms. The molecule has 1 aliphatic heterocycles. The second-order valence-electron chi connectivity index (χ2n) is 7.72. The SMILES string of the molecule is O=C(O)c1cccc(C2CCN(c3cncc(OCc4ccc(OC(F)(F)F)cc4)c3)C2)c1. The molecule has 0 radical (unpaired) electrons. The van der Waals surface area contributed by atoms with Crippen LogP contribution in [-0.2, 0) is 6.61 Å². The van der Waals surface area contributed by atoms with E-state index in [1.807, 2.05) is 12.1 Å². The molecule has 2 heterocycles. The first kappa shape index (κ1) is 22.4. The minimum absolute atomic E-state index is 0.169. The summed E-state index contributed by atoms with van der Waals surface area (Å²) in [6, 6.07) is 14.4. The minimum atomic E-state index is -4.72. The lowest BCUT2D eigenvalue weighted by molar-refractivity contribution is -0.274. The van der Waals surface area contributed by atoms with Crippen LogP contribution in [0.15, 0.2) is 67.0 Å². The summed E-state index contributed by atoms with van der Waals surface area (Å²) in [7, 11) is 0. The second kappa shape index (κ2) is 9.40. The lowest BCUT2D eigenvalue weighted by Gasteiger charge is -2.19. The number of ether oxygens (including phenoxy) is 2. The molecule has 1 saturated heterocycles. The van der Waals surface area contributed by atoms with Gasteiger partial charge < -0.3 is 19.5 Å². The number of anilines is 1. The van der Waals surface area contributed by atoms with Crippen LogP contribution in [0.1, 0.15) is 33.8 Å². The zero-order chi connectivity index (χ0) is 23.4. The summed E-state index contributed by atoms with van der Waals surface area (Å²) in [5.41, 5.74) is 2.85. The Balaban J connectivity index is 1.36. The first-order valence-electron chi connectivity index (χ1n) is 10.3. The normalized spacial score (nSPS) is 16.0. The maximum absolute atomic E-state index is 12.3. The van der Waals surface area contributed by atoms with E-state index in [1.54, 1.807) is 30.6 Å². The monoisotopic (exact) mass is 458 g/mol. The molecule has 4 rings (SSSR count). The smallest absolute Gasteiger partial charge is 0.487 e. The molecule has 1 unspecified atom stereocenters. The van der Waals surface area contributed by atoms with Crippen LogP contribution >= 0.6 is 0 Å². The predicted octanol–water partition coefficient (Wildman–Crippen LogP) is 5.25. The van der Waals surface area contributed by atoms with Crippen LogP contribution in [0.4, 0.5) is 18.9 Å². The van der Waals surface area contributed by atoms with E-state index in [4.69, 9.17) is 4.74 Å². The first-order valence-corrected chi connectivity index (χ1v) is 10.3. The van der Waals surface area contributed by atoms with E-state index in [1.165, 1.54) is 24.3 Å². The highest BCUT2D eigenvalue weighted by molar-refractivity contribution is 5.87. The number of alkyl halides is 3. The van der Waals surface area contributed by atoms with Gasteiger partial charge in [-0.1, -0.05) is 24.3 Å². The number of rotatable bonds is 7. The van der Waals surface area contributed by atoms with E-state index in [2.05, 4.69) is 14.6 Å². The van der Waals surface area contributed by atoms with Gasteiger partial charge in [-0.2, -0.15) is 0 Å². The molecule has 1 fully saturated rings. The summed E-state index contributed by atoms with van der Waals surface area (Å²) in [6.45, 7) is 1.70. The van der Waals surface area contributed by atoms with Crippen molar-refractivity contribution in [2.24, 2.45) is 0 Å². The Kier molecular flexibility index (Phi) is 6.39. The lowest BCUT2D eigenvalue weighted by Crippen LogP contribution is -2.19. The highest BCUT2D eigenvalue weighted by atomic mass is 19.4. The van der Waals surface area contributed by atoms with Gasteiger partial charge in [-0.05, 0) is 41.8 Å². The average Bonchev–Trinajstić information content (AvgIpc) is 3.28. The van der Waals surface area contributed by atoms with Crippen LogP contribution in [0.25, 0.3) is 0 Å². The van der Waals surface area contributed by atoms with Gasteiger partial charge in [0.25, 0.3) is 0 Å². The largest absolute Gasteiger partial charge is 0.573 e. The molecule has 0 aliphatic carbocycles. The van der Waals surface area contributed by atoms with Crippen LogP contribution in [-0.4, -0.2) is 35.5 Å². The van der Waals surface area contributed by atoms with E-state index in [-0.39, 0.29) is 23.8 Å². The zero-order valence-electron chi connectivity index (χ0n) is 17.5. The van der Waals surface area contributed by atoms with Crippen molar-refractivity contribution in [1.82, 2.24) is 4.98 Å². The molecular weight excluding hydrogens is 437 g/mol. The molecule has 3 aromatic rings. The molecule has 0 bridgehead atoms. The molecule has 6 nitrogen and oxygen atoms in total. The third-order valence-corrected chi connectivity index (χ3v) is 5.42. The van der Waals surface area contributed by atoms with Crippen molar-refractivity contribution in [3.63, 3.8) is 0 Å². The van der Waals surface area contributed by atoms with Crippen LogP contribution in [0.2, 0.25) is 0 Å². The maximum Gasteiger partial charge on any atom is 0.573 e. The van der Waals surface area contributed by atoms with Gasteiger partial charge in [-0.3, -0.25) is 4.98 Å². The van der Waals surface area contributed by atoms with Gasteiger partial charge in [0, 0.05) is 25.1 Å². The average molecular weight is 458 g/mol. The number of carbonyl (C=O) groups is 1. The van der Waals surface area contributed by atoms with Gasteiger partial charge in [0.15, 0.2) is 0 Å². The van der Waals surface area contributed by atoms with E-state index >= 15 is 0 Å². The first-order chi connectivity index (χ1) is 15.8. The molecule has 0 spiro atoms. The molecule has 1 atom stereocenters. The van der Waals surface area contributed by atoms with Gasteiger partial charge in [0.05, 0.1) is 23.6 Å². The second-order valence-corrected chi connectivity index (χ2v) is 7.72. The Morgan fingerprint density at radius 3 is 2.61 bits per heavy atom. The van der Waals surface area contributed by atoms with Crippen molar-refractivity contribution < 1.29 is 32.5 Å². The number of carboxylic acid groups (broad SMARTS) is 1. The van der Waals surface area contributed by atoms with Gasteiger partial charge >= 0.3 is 12.3 Å². The number of benzene rings is 2. The third-order valence-electron chi connectivity index (χ3n) is 5.42. The fourth-order valence-corrected chi connectivity index (χ4v) is 3.81. The third kappa shape index (κ3) is 5.94. The van der Waals surface area contributed by atoms with Crippen molar-refractivity contribution >= 4 is 11.7 Å². The molecule has 0 saturated carbocycles. The van der Waals surface area contributed by atoms with E-state index in [0.717, 1.165) is 30.8 Å². The van der Waals surface area contributed by atoms with E-state index < -0.39 is 12.3 Å². The molecule has 1 N–H and O–H groups in total. The number of hydrogen-bond donors (Lipinski definition) is 1. The van der Waals surface area contributed by atoms with Crippen molar-refractivity contribution in [2.45, 2.75) is 25.3 Å². The van der Waals surface area contributed by atoms with Gasteiger partial charge in [0.1, 0.15) is 18.1 Å².